The maximum atomic E-state index is 12.5. The Kier molecular flexibility index (Phi) is 5.66. The molecule has 2 rings (SSSR count). The Balaban J connectivity index is 2.04. The van der Waals surface area contributed by atoms with Crippen LogP contribution in [-0.2, 0) is 4.79 Å². The molecule has 0 saturated heterocycles. The first kappa shape index (κ1) is 18.1. The van der Waals surface area contributed by atoms with Crippen molar-refractivity contribution in [3.05, 3.63) is 64.2 Å². The van der Waals surface area contributed by atoms with Gasteiger partial charge in [0.15, 0.2) is 6.10 Å². The molecule has 1 N–H and O–H groups in total. The molecule has 0 aliphatic rings. The van der Waals surface area contributed by atoms with Gasteiger partial charge in [0.2, 0.25) is 0 Å². The minimum atomic E-state index is -0.543. The fourth-order valence-electron chi connectivity index (χ4n) is 2.89. The number of nitrogens with one attached hydrogen (secondary N) is 1. The Bertz CT molecular complexity index is 716. The van der Waals surface area contributed by atoms with Gasteiger partial charge in [-0.2, -0.15) is 0 Å². The summed E-state index contributed by atoms with van der Waals surface area (Å²) in [5.41, 5.74) is 5.76. The zero-order valence-electron chi connectivity index (χ0n) is 15.4. The highest BCUT2D eigenvalue weighted by molar-refractivity contribution is 5.81. The van der Waals surface area contributed by atoms with Crippen LogP contribution in [0.5, 0.6) is 5.75 Å². The van der Waals surface area contributed by atoms with Crippen molar-refractivity contribution >= 4 is 5.91 Å². The molecule has 24 heavy (non-hydrogen) atoms. The third-order valence-corrected chi connectivity index (χ3v) is 4.14. The van der Waals surface area contributed by atoms with Gasteiger partial charge >= 0.3 is 0 Å². The number of carbonyl (C=O) groups is 1. The summed E-state index contributed by atoms with van der Waals surface area (Å²) in [7, 11) is 0. The van der Waals surface area contributed by atoms with E-state index in [9.17, 15) is 4.79 Å². The maximum Gasteiger partial charge on any atom is 0.261 e. The van der Waals surface area contributed by atoms with Crippen molar-refractivity contribution in [3.8, 4) is 5.75 Å². The van der Waals surface area contributed by atoms with Gasteiger partial charge in [-0.05, 0) is 75.9 Å². The molecule has 0 aromatic heterocycles. The fourth-order valence-corrected chi connectivity index (χ4v) is 2.89. The molecule has 0 unspecified atom stereocenters. The average Bonchev–Trinajstić information content (AvgIpc) is 2.48. The molecule has 0 saturated carbocycles. The molecule has 0 radical (unpaired) electrons. The van der Waals surface area contributed by atoms with Crippen LogP contribution in [0.1, 0.15) is 47.7 Å². The number of rotatable bonds is 5. The van der Waals surface area contributed by atoms with Gasteiger partial charge in [0.25, 0.3) is 5.91 Å². The average molecular weight is 325 g/mol. The van der Waals surface area contributed by atoms with E-state index in [1.165, 1.54) is 11.1 Å². The molecule has 0 aliphatic carbocycles. The molecule has 128 valence electrons. The zero-order valence-corrected chi connectivity index (χ0v) is 15.4. The standard InChI is InChI=1S/C21H27NO2/c1-13-7-8-16(4)20(12-13)17(5)22-21(23)18(6)24-19-10-14(2)9-15(3)11-19/h7-12,17-18H,1-6H3,(H,22,23)/t17-,18-/m1/s1. The van der Waals surface area contributed by atoms with E-state index in [0.717, 1.165) is 22.4 Å². The predicted octanol–water partition coefficient (Wildman–Crippen LogP) is 4.56. The largest absolute Gasteiger partial charge is 0.481 e. The van der Waals surface area contributed by atoms with E-state index in [1.807, 2.05) is 32.9 Å². The van der Waals surface area contributed by atoms with Crippen LogP contribution in [0.4, 0.5) is 0 Å². The third-order valence-electron chi connectivity index (χ3n) is 4.14. The smallest absolute Gasteiger partial charge is 0.261 e. The van der Waals surface area contributed by atoms with Crippen molar-refractivity contribution < 1.29 is 9.53 Å². The lowest BCUT2D eigenvalue weighted by atomic mass is 10.00. The SMILES string of the molecule is Cc1cc(C)cc(O[C@H](C)C(=O)N[C@H](C)c2cc(C)ccc2C)c1. The van der Waals surface area contributed by atoms with Gasteiger partial charge in [-0.1, -0.05) is 29.8 Å². The van der Waals surface area contributed by atoms with Crippen LogP contribution in [0.15, 0.2) is 36.4 Å². The van der Waals surface area contributed by atoms with Gasteiger partial charge in [0.1, 0.15) is 5.75 Å². The van der Waals surface area contributed by atoms with Crippen molar-refractivity contribution in [1.29, 1.82) is 0 Å². The topological polar surface area (TPSA) is 38.3 Å². The summed E-state index contributed by atoms with van der Waals surface area (Å²) in [4.78, 5) is 12.5. The van der Waals surface area contributed by atoms with E-state index < -0.39 is 6.10 Å². The number of amides is 1. The fraction of sp³-hybridized carbons (Fsp3) is 0.381. The Labute approximate surface area is 145 Å². The molecule has 3 heteroatoms. The van der Waals surface area contributed by atoms with Gasteiger partial charge in [0, 0.05) is 0 Å². The molecule has 2 atom stereocenters. The van der Waals surface area contributed by atoms with E-state index in [4.69, 9.17) is 4.74 Å². The molecule has 0 bridgehead atoms. The summed E-state index contributed by atoms with van der Waals surface area (Å²) in [5, 5.41) is 3.05. The molecule has 1 amide bonds. The number of benzene rings is 2. The second kappa shape index (κ2) is 7.52. The minimum Gasteiger partial charge on any atom is -0.481 e. The highest BCUT2D eigenvalue weighted by Gasteiger charge is 2.19. The van der Waals surface area contributed by atoms with Crippen LogP contribution in [0.2, 0.25) is 0 Å². The minimum absolute atomic E-state index is 0.0531. The van der Waals surface area contributed by atoms with Gasteiger partial charge in [-0.25, -0.2) is 0 Å². The summed E-state index contributed by atoms with van der Waals surface area (Å²) >= 11 is 0. The molecule has 0 fully saturated rings. The third kappa shape index (κ3) is 4.60. The molecule has 3 nitrogen and oxygen atoms in total. The van der Waals surface area contributed by atoms with E-state index in [2.05, 4.69) is 43.4 Å². The molecule has 0 heterocycles. The van der Waals surface area contributed by atoms with Crippen LogP contribution >= 0.6 is 0 Å². The summed E-state index contributed by atoms with van der Waals surface area (Å²) in [6.07, 6.45) is -0.543. The number of ether oxygens (including phenoxy) is 1. The quantitative estimate of drug-likeness (QED) is 0.875. The highest BCUT2D eigenvalue weighted by Crippen LogP contribution is 2.20. The number of aryl methyl sites for hydroxylation is 4. The Morgan fingerprint density at radius 2 is 1.54 bits per heavy atom. The second-order valence-corrected chi connectivity index (χ2v) is 6.67. The lowest BCUT2D eigenvalue weighted by molar-refractivity contribution is -0.127. The monoisotopic (exact) mass is 325 g/mol. The van der Waals surface area contributed by atoms with Crippen molar-refractivity contribution in [2.45, 2.75) is 53.7 Å². The normalized spacial score (nSPS) is 13.2. The summed E-state index contributed by atoms with van der Waals surface area (Å²) in [6, 6.07) is 12.2. The van der Waals surface area contributed by atoms with Gasteiger partial charge in [-0.15, -0.1) is 0 Å². The Hall–Kier alpha value is -2.29. The summed E-state index contributed by atoms with van der Waals surface area (Å²) in [5.74, 6) is 0.622. The van der Waals surface area contributed by atoms with Gasteiger partial charge in [0.05, 0.1) is 6.04 Å². The van der Waals surface area contributed by atoms with Crippen molar-refractivity contribution in [2.75, 3.05) is 0 Å². The first-order chi connectivity index (χ1) is 11.3. The van der Waals surface area contributed by atoms with Crippen LogP contribution in [0.25, 0.3) is 0 Å². The first-order valence-corrected chi connectivity index (χ1v) is 8.38. The van der Waals surface area contributed by atoms with Crippen LogP contribution in [-0.4, -0.2) is 12.0 Å². The molecule has 2 aromatic rings. The summed E-state index contributed by atoms with van der Waals surface area (Å²) < 4.78 is 5.82. The molecule has 0 aliphatic heterocycles. The van der Waals surface area contributed by atoms with E-state index >= 15 is 0 Å². The van der Waals surface area contributed by atoms with Gasteiger partial charge in [-0.3, -0.25) is 4.79 Å². The lowest BCUT2D eigenvalue weighted by Gasteiger charge is -2.21. The summed E-state index contributed by atoms with van der Waals surface area (Å²) in [6.45, 7) is 11.9. The van der Waals surface area contributed by atoms with Crippen LogP contribution in [0.3, 0.4) is 0 Å². The van der Waals surface area contributed by atoms with E-state index in [0.29, 0.717) is 0 Å². The zero-order chi connectivity index (χ0) is 17.9. The lowest BCUT2D eigenvalue weighted by Crippen LogP contribution is -2.38. The second-order valence-electron chi connectivity index (χ2n) is 6.67. The Morgan fingerprint density at radius 3 is 2.17 bits per heavy atom. The van der Waals surface area contributed by atoms with E-state index in [-0.39, 0.29) is 11.9 Å². The number of hydrogen-bond donors (Lipinski definition) is 1. The molecule has 0 spiro atoms. The molecular formula is C21H27NO2. The van der Waals surface area contributed by atoms with Crippen LogP contribution in [0, 0.1) is 27.7 Å². The number of hydrogen-bond acceptors (Lipinski definition) is 2. The highest BCUT2D eigenvalue weighted by atomic mass is 16.5. The Morgan fingerprint density at radius 1 is 0.917 bits per heavy atom. The number of carbonyl (C=O) groups excluding carboxylic acids is 1. The molecule has 2 aromatic carbocycles. The van der Waals surface area contributed by atoms with Gasteiger partial charge < -0.3 is 10.1 Å². The molecular weight excluding hydrogens is 298 g/mol. The van der Waals surface area contributed by atoms with Crippen molar-refractivity contribution in [1.82, 2.24) is 5.32 Å². The van der Waals surface area contributed by atoms with Crippen molar-refractivity contribution in [2.24, 2.45) is 0 Å². The maximum absolute atomic E-state index is 12.5. The van der Waals surface area contributed by atoms with Crippen molar-refractivity contribution in [3.63, 3.8) is 0 Å². The van der Waals surface area contributed by atoms with E-state index in [1.54, 1.807) is 6.92 Å². The van der Waals surface area contributed by atoms with Crippen LogP contribution < -0.4 is 10.1 Å². The predicted molar refractivity (Wildman–Crippen MR) is 98.5 cm³/mol. The first-order valence-electron chi connectivity index (χ1n) is 8.38.